The molecule has 0 radical (unpaired) electrons. The van der Waals surface area contributed by atoms with Gasteiger partial charge in [0, 0.05) is 23.5 Å². The lowest BCUT2D eigenvalue weighted by molar-refractivity contribution is -0.134. The van der Waals surface area contributed by atoms with Gasteiger partial charge in [0.2, 0.25) is 0 Å². The molecule has 1 aliphatic heterocycles. The second kappa shape index (κ2) is 5.95. The molecule has 4 rings (SSSR count). The highest BCUT2D eigenvalue weighted by molar-refractivity contribution is 7.78. The maximum atomic E-state index is 12.6. The SMILES string of the molecule is C[C@H]1Oc2cc(OS(N)=O)ccc2C2=C1C1CCCC(=O)[C@@]1(C)CC2. The van der Waals surface area contributed by atoms with Gasteiger partial charge in [-0.2, -0.15) is 4.21 Å². The fourth-order valence-corrected chi connectivity index (χ4v) is 5.18. The van der Waals surface area contributed by atoms with Crippen LogP contribution >= 0.6 is 0 Å². The molecule has 0 spiro atoms. The number of ketones is 1. The smallest absolute Gasteiger partial charge is 0.285 e. The Bertz CT molecular complexity index is 803. The van der Waals surface area contributed by atoms with E-state index >= 15 is 0 Å². The first-order valence-electron chi connectivity index (χ1n) is 8.82. The number of benzene rings is 1. The summed E-state index contributed by atoms with van der Waals surface area (Å²) in [6, 6.07) is 5.47. The molecule has 25 heavy (non-hydrogen) atoms. The topological polar surface area (TPSA) is 78.6 Å². The van der Waals surface area contributed by atoms with Crippen LogP contribution in [0.3, 0.4) is 0 Å². The van der Waals surface area contributed by atoms with Gasteiger partial charge in [-0.3, -0.25) is 4.79 Å². The Hall–Kier alpha value is -1.66. The van der Waals surface area contributed by atoms with Crippen LogP contribution in [0.2, 0.25) is 0 Å². The summed E-state index contributed by atoms with van der Waals surface area (Å²) in [6.07, 6.45) is 4.43. The number of rotatable bonds is 2. The molecule has 2 aliphatic carbocycles. The van der Waals surface area contributed by atoms with E-state index in [9.17, 15) is 9.00 Å². The standard InChI is InChI=1S/C19H23NO4S/c1-11-18-14(8-9-19(2)15(18)4-3-5-17(19)21)13-7-6-12(24-25(20)22)10-16(13)23-11/h6-7,10-11,15H,3-5,8-9,20H2,1-2H3/t11-,15?,19+,25?/m1/s1. The number of carbonyl (C=O) groups is 1. The van der Waals surface area contributed by atoms with E-state index in [-0.39, 0.29) is 17.4 Å². The highest BCUT2D eigenvalue weighted by Gasteiger charge is 2.50. The van der Waals surface area contributed by atoms with Crippen LogP contribution in [0.15, 0.2) is 23.8 Å². The highest BCUT2D eigenvalue weighted by Crippen LogP contribution is 2.56. The molecule has 0 aromatic heterocycles. The van der Waals surface area contributed by atoms with Crippen molar-refractivity contribution in [2.75, 3.05) is 0 Å². The van der Waals surface area contributed by atoms with Gasteiger partial charge in [0.25, 0.3) is 11.3 Å². The molecule has 3 aliphatic rings. The average Bonchev–Trinajstić information content (AvgIpc) is 2.55. The zero-order chi connectivity index (χ0) is 17.8. The Morgan fingerprint density at radius 3 is 2.92 bits per heavy atom. The van der Waals surface area contributed by atoms with Gasteiger partial charge in [0.05, 0.1) is 0 Å². The fourth-order valence-electron chi connectivity index (χ4n) is 4.89. The molecule has 1 aromatic carbocycles. The quantitative estimate of drug-likeness (QED) is 0.876. The van der Waals surface area contributed by atoms with E-state index in [0.717, 1.165) is 37.0 Å². The van der Waals surface area contributed by atoms with Crippen LogP contribution in [-0.2, 0) is 16.1 Å². The van der Waals surface area contributed by atoms with Crippen molar-refractivity contribution < 1.29 is 17.9 Å². The Labute approximate surface area is 150 Å². The molecule has 5 nitrogen and oxygen atoms in total. The average molecular weight is 361 g/mol. The molecule has 0 bridgehead atoms. The van der Waals surface area contributed by atoms with E-state index in [4.69, 9.17) is 14.1 Å². The molecule has 1 saturated carbocycles. The number of ether oxygens (including phenoxy) is 1. The van der Waals surface area contributed by atoms with Crippen molar-refractivity contribution in [3.8, 4) is 11.5 Å². The van der Waals surface area contributed by atoms with Crippen molar-refractivity contribution in [3.63, 3.8) is 0 Å². The summed E-state index contributed by atoms with van der Waals surface area (Å²) >= 11 is -1.85. The zero-order valence-corrected chi connectivity index (χ0v) is 15.4. The third-order valence-electron chi connectivity index (χ3n) is 6.12. The summed E-state index contributed by atoms with van der Waals surface area (Å²) in [5, 5.41) is 5.20. The van der Waals surface area contributed by atoms with Crippen LogP contribution in [0.4, 0.5) is 0 Å². The minimum absolute atomic E-state index is 0.0725. The van der Waals surface area contributed by atoms with E-state index in [0.29, 0.717) is 18.0 Å². The molecule has 134 valence electrons. The fraction of sp³-hybridized carbons (Fsp3) is 0.526. The summed E-state index contributed by atoms with van der Waals surface area (Å²) in [6.45, 7) is 4.19. The second-order valence-corrected chi connectivity index (χ2v) is 8.17. The number of hydrogen-bond acceptors (Lipinski definition) is 4. The maximum absolute atomic E-state index is 12.6. The minimum Gasteiger partial charge on any atom is -0.486 e. The molecular weight excluding hydrogens is 338 g/mol. The van der Waals surface area contributed by atoms with Gasteiger partial charge >= 0.3 is 0 Å². The second-order valence-electron chi connectivity index (χ2n) is 7.48. The number of nitrogens with two attached hydrogens (primary N) is 1. The number of carbonyl (C=O) groups excluding carboxylic acids is 1. The van der Waals surface area contributed by atoms with Crippen LogP contribution < -0.4 is 14.1 Å². The Kier molecular flexibility index (Phi) is 4.00. The summed E-state index contributed by atoms with van der Waals surface area (Å²) in [5.74, 6) is 1.85. The molecule has 0 amide bonds. The first kappa shape index (κ1) is 16.8. The van der Waals surface area contributed by atoms with Gasteiger partial charge < -0.3 is 8.92 Å². The zero-order valence-electron chi connectivity index (χ0n) is 14.5. The van der Waals surface area contributed by atoms with E-state index < -0.39 is 11.3 Å². The van der Waals surface area contributed by atoms with Crippen LogP contribution in [-0.4, -0.2) is 16.1 Å². The van der Waals surface area contributed by atoms with Gasteiger partial charge in [-0.15, -0.1) is 0 Å². The predicted molar refractivity (Wildman–Crippen MR) is 96.1 cm³/mol. The number of allylic oxidation sites excluding steroid dienone is 1. The van der Waals surface area contributed by atoms with Crippen molar-refractivity contribution in [2.45, 2.75) is 52.1 Å². The molecule has 0 saturated heterocycles. The lowest BCUT2D eigenvalue weighted by atomic mass is 9.56. The minimum atomic E-state index is -1.85. The lowest BCUT2D eigenvalue weighted by Crippen LogP contribution is -2.46. The molecule has 2 unspecified atom stereocenters. The van der Waals surface area contributed by atoms with Crippen LogP contribution in [0, 0.1) is 11.3 Å². The Morgan fingerprint density at radius 1 is 1.36 bits per heavy atom. The molecule has 2 N–H and O–H groups in total. The first-order valence-corrected chi connectivity index (χ1v) is 9.96. The third kappa shape index (κ3) is 2.62. The molecule has 1 fully saturated rings. The van der Waals surface area contributed by atoms with E-state index in [1.54, 1.807) is 12.1 Å². The van der Waals surface area contributed by atoms with Crippen LogP contribution in [0.5, 0.6) is 11.5 Å². The highest BCUT2D eigenvalue weighted by atomic mass is 32.2. The first-order chi connectivity index (χ1) is 11.9. The summed E-state index contributed by atoms with van der Waals surface area (Å²) in [7, 11) is 0. The van der Waals surface area contributed by atoms with Gasteiger partial charge in [0.15, 0.2) is 0 Å². The van der Waals surface area contributed by atoms with Crippen molar-refractivity contribution in [2.24, 2.45) is 16.5 Å². The van der Waals surface area contributed by atoms with Crippen LogP contribution in [0.1, 0.15) is 51.5 Å². The monoisotopic (exact) mass is 361 g/mol. The van der Waals surface area contributed by atoms with Gasteiger partial charge in [-0.05, 0) is 61.8 Å². The van der Waals surface area contributed by atoms with Gasteiger partial charge in [-0.1, -0.05) is 6.92 Å². The summed E-state index contributed by atoms with van der Waals surface area (Å²) < 4.78 is 22.3. The predicted octanol–water partition coefficient (Wildman–Crippen LogP) is 3.31. The summed E-state index contributed by atoms with van der Waals surface area (Å²) in [4.78, 5) is 12.6. The van der Waals surface area contributed by atoms with Gasteiger partial charge in [-0.25, -0.2) is 5.14 Å². The largest absolute Gasteiger partial charge is 0.486 e. The lowest BCUT2D eigenvalue weighted by Gasteiger charge is -2.48. The van der Waals surface area contributed by atoms with Crippen molar-refractivity contribution in [3.05, 3.63) is 29.3 Å². The molecule has 4 atom stereocenters. The van der Waals surface area contributed by atoms with Crippen molar-refractivity contribution in [1.82, 2.24) is 0 Å². The Balaban J connectivity index is 1.78. The van der Waals surface area contributed by atoms with E-state index in [1.165, 1.54) is 11.1 Å². The van der Waals surface area contributed by atoms with E-state index in [1.807, 2.05) is 6.07 Å². The van der Waals surface area contributed by atoms with E-state index in [2.05, 4.69) is 13.8 Å². The molecule has 1 aromatic rings. The van der Waals surface area contributed by atoms with Crippen molar-refractivity contribution in [1.29, 1.82) is 0 Å². The van der Waals surface area contributed by atoms with Crippen LogP contribution in [0.25, 0.3) is 5.57 Å². The number of fused-ring (bicyclic) bond motifs is 4. The van der Waals surface area contributed by atoms with Gasteiger partial charge in [0.1, 0.15) is 23.4 Å². The third-order valence-corrected chi connectivity index (χ3v) is 6.48. The number of Topliss-reactive ketones (excluding diaryl/α,β-unsaturated/α-hetero) is 1. The normalized spacial score (nSPS) is 32.2. The maximum Gasteiger partial charge on any atom is 0.285 e. The molecule has 1 heterocycles. The molecular formula is C19H23NO4S. The summed E-state index contributed by atoms with van der Waals surface area (Å²) in [5.41, 5.74) is 3.42. The Morgan fingerprint density at radius 2 is 2.16 bits per heavy atom. The number of hydrogen-bond donors (Lipinski definition) is 1. The molecule has 6 heteroatoms. The van der Waals surface area contributed by atoms with Crippen molar-refractivity contribution >= 4 is 22.6 Å².